The number of methoxy groups -OCH3 is 1. The number of hydrogen-bond acceptors (Lipinski definition) is 5. The molecular weight excluding hydrogens is 360 g/mol. The van der Waals surface area contributed by atoms with Gasteiger partial charge in [-0.15, -0.1) is 0 Å². The average Bonchev–Trinajstić information content (AvgIpc) is 3.04. The van der Waals surface area contributed by atoms with Crippen molar-refractivity contribution in [3.05, 3.63) is 30.2 Å². The normalized spacial score (nSPS) is 11.2. The topological polar surface area (TPSA) is 98.5 Å². The molecule has 0 bridgehead atoms. The van der Waals surface area contributed by atoms with Gasteiger partial charge in [-0.25, -0.2) is 9.78 Å². The van der Waals surface area contributed by atoms with Gasteiger partial charge in [0.05, 0.1) is 30.4 Å². The predicted molar refractivity (Wildman–Crippen MR) is 107 cm³/mol. The molecule has 0 atom stereocenters. The van der Waals surface area contributed by atoms with Gasteiger partial charge in [-0.3, -0.25) is 4.98 Å². The van der Waals surface area contributed by atoms with Crippen molar-refractivity contribution < 1.29 is 19.4 Å². The number of fused-ring (bicyclic) bond motifs is 3. The van der Waals surface area contributed by atoms with E-state index in [0.29, 0.717) is 26.2 Å². The molecule has 3 rings (SSSR count). The third-order valence-electron chi connectivity index (χ3n) is 4.47. The molecule has 0 aliphatic heterocycles. The largest absolute Gasteiger partial charge is 0.493 e. The summed E-state index contributed by atoms with van der Waals surface area (Å²) in [5.74, 6) is 1.73. The summed E-state index contributed by atoms with van der Waals surface area (Å²) in [5, 5.41) is 11.9. The lowest BCUT2D eigenvalue weighted by Crippen LogP contribution is -2.23. The zero-order valence-electron chi connectivity index (χ0n) is 16.3. The Labute approximate surface area is 163 Å². The van der Waals surface area contributed by atoms with Crippen molar-refractivity contribution in [1.29, 1.82) is 0 Å². The average molecular weight is 386 g/mol. The van der Waals surface area contributed by atoms with E-state index < -0.39 is 6.09 Å². The number of pyridine rings is 1. The Balaban J connectivity index is 1.85. The van der Waals surface area contributed by atoms with Gasteiger partial charge in [-0.1, -0.05) is 6.92 Å². The molecule has 3 aromatic rings. The van der Waals surface area contributed by atoms with Crippen LogP contribution >= 0.6 is 0 Å². The quantitative estimate of drug-likeness (QED) is 0.519. The summed E-state index contributed by atoms with van der Waals surface area (Å²) in [5.41, 5.74) is 2.83. The van der Waals surface area contributed by atoms with Gasteiger partial charge < -0.3 is 24.5 Å². The van der Waals surface area contributed by atoms with Gasteiger partial charge in [0.15, 0.2) is 0 Å². The second-order valence-corrected chi connectivity index (χ2v) is 6.53. The lowest BCUT2D eigenvalue weighted by molar-refractivity contribution is 0.193. The number of carboxylic acid groups (broad SMARTS) is 1. The van der Waals surface area contributed by atoms with E-state index in [-0.39, 0.29) is 0 Å². The molecule has 0 fully saturated rings. The third-order valence-corrected chi connectivity index (χ3v) is 4.47. The molecule has 8 nitrogen and oxygen atoms in total. The maximum Gasteiger partial charge on any atom is 0.404 e. The van der Waals surface area contributed by atoms with E-state index in [1.165, 1.54) is 0 Å². The van der Waals surface area contributed by atoms with Crippen molar-refractivity contribution in [2.75, 3.05) is 26.9 Å². The van der Waals surface area contributed by atoms with Gasteiger partial charge in [0.2, 0.25) is 0 Å². The Morgan fingerprint density at radius 1 is 1.29 bits per heavy atom. The van der Waals surface area contributed by atoms with Gasteiger partial charge in [-0.2, -0.15) is 0 Å². The van der Waals surface area contributed by atoms with Crippen LogP contribution in [0.4, 0.5) is 4.79 Å². The molecule has 1 aromatic carbocycles. The maximum atomic E-state index is 10.4. The Bertz CT molecular complexity index is 954. The third kappa shape index (κ3) is 4.51. The molecule has 0 unspecified atom stereocenters. The van der Waals surface area contributed by atoms with E-state index in [0.717, 1.165) is 52.9 Å². The van der Waals surface area contributed by atoms with Crippen LogP contribution in [-0.4, -0.2) is 52.6 Å². The summed E-state index contributed by atoms with van der Waals surface area (Å²) in [6.07, 6.45) is 3.16. The molecule has 0 saturated heterocycles. The predicted octanol–water partition coefficient (Wildman–Crippen LogP) is 3.22. The van der Waals surface area contributed by atoms with Crippen molar-refractivity contribution in [1.82, 2.24) is 19.9 Å². The highest BCUT2D eigenvalue weighted by molar-refractivity contribution is 6.02. The van der Waals surface area contributed by atoms with Crippen molar-refractivity contribution in [3.8, 4) is 5.75 Å². The molecule has 8 heteroatoms. The van der Waals surface area contributed by atoms with E-state index in [2.05, 4.69) is 21.8 Å². The highest BCUT2D eigenvalue weighted by Gasteiger charge is 2.14. The number of ether oxygens (including phenoxy) is 2. The molecular formula is C20H26N4O4. The van der Waals surface area contributed by atoms with Crippen LogP contribution < -0.4 is 10.1 Å². The Kier molecular flexibility index (Phi) is 6.65. The van der Waals surface area contributed by atoms with Crippen molar-refractivity contribution in [2.45, 2.75) is 32.7 Å². The summed E-state index contributed by atoms with van der Waals surface area (Å²) in [7, 11) is 1.70. The standard InChI is InChI=1S/C20H26N4O4/c1-3-9-24-18(7-11-27-2)23-17-13-22-16-12-14(5-6-15(16)19(17)24)28-10-4-8-21-20(25)26/h5-6,12-13,21H,3-4,7-11H2,1-2H3,(H,25,26). The minimum atomic E-state index is -1.02. The van der Waals surface area contributed by atoms with Crippen LogP contribution in [0.25, 0.3) is 21.9 Å². The fourth-order valence-corrected chi connectivity index (χ4v) is 3.24. The first kappa shape index (κ1) is 19.9. The lowest BCUT2D eigenvalue weighted by Gasteiger charge is -2.10. The highest BCUT2D eigenvalue weighted by atomic mass is 16.5. The number of benzene rings is 1. The first-order valence-corrected chi connectivity index (χ1v) is 9.50. The van der Waals surface area contributed by atoms with Crippen LogP contribution in [0.5, 0.6) is 5.75 Å². The molecule has 0 aliphatic carbocycles. The molecule has 2 heterocycles. The fraction of sp³-hybridized carbons (Fsp3) is 0.450. The monoisotopic (exact) mass is 386 g/mol. The van der Waals surface area contributed by atoms with E-state index in [4.69, 9.17) is 19.6 Å². The number of nitrogens with zero attached hydrogens (tertiary/aromatic N) is 3. The number of carbonyl (C=O) groups is 1. The molecule has 1 amide bonds. The van der Waals surface area contributed by atoms with Gasteiger partial charge in [0.25, 0.3) is 0 Å². The maximum absolute atomic E-state index is 10.4. The minimum absolute atomic E-state index is 0.363. The Morgan fingerprint density at radius 2 is 2.14 bits per heavy atom. The molecule has 0 saturated carbocycles. The van der Waals surface area contributed by atoms with Crippen LogP contribution in [0, 0.1) is 0 Å². The van der Waals surface area contributed by atoms with E-state index in [1.54, 1.807) is 13.3 Å². The molecule has 0 spiro atoms. The molecule has 0 radical (unpaired) electrons. The minimum Gasteiger partial charge on any atom is -0.493 e. The van der Waals surface area contributed by atoms with Crippen molar-refractivity contribution in [2.24, 2.45) is 0 Å². The number of nitrogens with one attached hydrogen (secondary N) is 1. The number of amides is 1. The van der Waals surface area contributed by atoms with Gasteiger partial charge >= 0.3 is 6.09 Å². The van der Waals surface area contributed by atoms with E-state index in [1.807, 2.05) is 18.2 Å². The smallest absolute Gasteiger partial charge is 0.404 e. The number of imidazole rings is 1. The van der Waals surface area contributed by atoms with Gasteiger partial charge in [0, 0.05) is 38.1 Å². The Hall–Kier alpha value is -2.87. The fourth-order valence-electron chi connectivity index (χ4n) is 3.24. The van der Waals surface area contributed by atoms with E-state index in [9.17, 15) is 4.79 Å². The summed E-state index contributed by atoms with van der Waals surface area (Å²) >= 11 is 0. The first-order chi connectivity index (χ1) is 13.6. The van der Waals surface area contributed by atoms with Crippen molar-refractivity contribution >= 4 is 28.0 Å². The second kappa shape index (κ2) is 9.36. The summed E-state index contributed by atoms with van der Waals surface area (Å²) in [4.78, 5) is 19.8. The molecule has 150 valence electrons. The van der Waals surface area contributed by atoms with Crippen LogP contribution in [0.2, 0.25) is 0 Å². The Morgan fingerprint density at radius 3 is 2.89 bits per heavy atom. The van der Waals surface area contributed by atoms with Crippen molar-refractivity contribution in [3.63, 3.8) is 0 Å². The van der Waals surface area contributed by atoms with Crippen LogP contribution in [0.15, 0.2) is 24.4 Å². The second-order valence-electron chi connectivity index (χ2n) is 6.53. The van der Waals surface area contributed by atoms with Gasteiger partial charge in [-0.05, 0) is 25.0 Å². The van der Waals surface area contributed by atoms with Crippen LogP contribution in [0.3, 0.4) is 0 Å². The SMILES string of the molecule is CCCn1c(CCOC)nc2cnc3cc(OCCCNC(=O)O)ccc3c21. The molecule has 0 aliphatic rings. The van der Waals surface area contributed by atoms with Crippen LogP contribution in [-0.2, 0) is 17.7 Å². The number of rotatable bonds is 10. The number of aryl methyl sites for hydroxylation is 1. The van der Waals surface area contributed by atoms with E-state index >= 15 is 0 Å². The summed E-state index contributed by atoms with van der Waals surface area (Å²) in [6, 6.07) is 5.85. The van der Waals surface area contributed by atoms with Crippen LogP contribution in [0.1, 0.15) is 25.6 Å². The number of aromatic nitrogens is 3. The highest BCUT2D eigenvalue weighted by Crippen LogP contribution is 2.28. The molecule has 2 aromatic heterocycles. The summed E-state index contributed by atoms with van der Waals surface area (Å²) in [6.45, 7) is 4.47. The first-order valence-electron chi connectivity index (χ1n) is 9.50. The lowest BCUT2D eigenvalue weighted by atomic mass is 10.2. The van der Waals surface area contributed by atoms with Gasteiger partial charge in [0.1, 0.15) is 17.1 Å². The zero-order valence-corrected chi connectivity index (χ0v) is 16.3. The zero-order chi connectivity index (χ0) is 19.9. The molecule has 28 heavy (non-hydrogen) atoms. The summed E-state index contributed by atoms with van der Waals surface area (Å²) < 4.78 is 13.2. The number of hydrogen-bond donors (Lipinski definition) is 2. The molecule has 2 N–H and O–H groups in total.